The van der Waals surface area contributed by atoms with Gasteiger partial charge in [-0.3, -0.25) is 4.90 Å². The largest absolute Gasteiger partial charge is 0.480 e. The minimum absolute atomic E-state index is 0.0677. The molecule has 0 spiro atoms. The Morgan fingerprint density at radius 3 is 2.43 bits per heavy atom. The van der Waals surface area contributed by atoms with Crippen LogP contribution in [0, 0.1) is 11.8 Å². The maximum absolute atomic E-state index is 12.3. The monoisotopic (exact) mass is 314 g/mol. The summed E-state index contributed by atoms with van der Waals surface area (Å²) in [6.45, 7) is 4.81. The molecule has 0 aromatic carbocycles. The van der Waals surface area contributed by atoms with Gasteiger partial charge < -0.3 is 10.4 Å². The van der Waals surface area contributed by atoms with Gasteiger partial charge in [-0.05, 0) is 31.6 Å². The van der Waals surface area contributed by atoms with E-state index in [4.69, 9.17) is 0 Å². The first-order chi connectivity index (χ1) is 10.0. The second kappa shape index (κ2) is 7.38. The first-order valence-electron chi connectivity index (χ1n) is 7.93. The van der Waals surface area contributed by atoms with E-state index in [1.807, 2.05) is 6.92 Å². The quantitative estimate of drug-likeness (QED) is 0.837. The number of nitrogens with one attached hydrogen (secondary N) is 1. The van der Waals surface area contributed by atoms with Gasteiger partial charge in [-0.15, -0.1) is 11.8 Å². The molecule has 21 heavy (non-hydrogen) atoms. The Morgan fingerprint density at radius 1 is 1.24 bits per heavy atom. The zero-order valence-electron chi connectivity index (χ0n) is 12.9. The van der Waals surface area contributed by atoms with Crippen LogP contribution in [0.2, 0.25) is 0 Å². The van der Waals surface area contributed by atoms with Crippen LogP contribution < -0.4 is 5.32 Å². The molecule has 2 rings (SSSR count). The molecule has 0 radical (unpaired) electrons. The number of hydrogen-bond donors (Lipinski definition) is 2. The van der Waals surface area contributed by atoms with E-state index in [9.17, 15) is 14.7 Å². The molecule has 1 saturated carbocycles. The van der Waals surface area contributed by atoms with Gasteiger partial charge in [-0.1, -0.05) is 26.2 Å². The highest BCUT2D eigenvalue weighted by atomic mass is 32.2. The summed E-state index contributed by atoms with van der Waals surface area (Å²) in [6.07, 6.45) is 6.11. The lowest BCUT2D eigenvalue weighted by atomic mass is 9.81. The number of rotatable bonds is 4. The standard InChI is InChI=1S/C15H26N2O3S/c1-3-11-4-6-12(7-5-11)8-16-15(20)17-10(2)21-9-13(17)14(18)19/h10-13H,3-9H2,1-2H3,(H,16,20)(H,18,19). The number of carbonyl (C=O) groups excluding carboxylic acids is 1. The van der Waals surface area contributed by atoms with Crippen molar-refractivity contribution in [2.45, 2.75) is 57.4 Å². The first kappa shape index (κ1) is 16.5. The summed E-state index contributed by atoms with van der Waals surface area (Å²) in [5.74, 6) is 0.963. The molecule has 1 aliphatic heterocycles. The van der Waals surface area contributed by atoms with Crippen molar-refractivity contribution in [3.05, 3.63) is 0 Å². The molecule has 6 heteroatoms. The number of thioether (sulfide) groups is 1. The lowest BCUT2D eigenvalue weighted by molar-refractivity contribution is -0.141. The van der Waals surface area contributed by atoms with Crippen molar-refractivity contribution in [3.63, 3.8) is 0 Å². The van der Waals surface area contributed by atoms with E-state index in [2.05, 4.69) is 12.2 Å². The number of aliphatic carboxylic acids is 1. The summed E-state index contributed by atoms with van der Waals surface area (Å²) in [6, 6.07) is -0.918. The Labute approximate surface area is 130 Å². The van der Waals surface area contributed by atoms with Crippen LogP contribution in [0.25, 0.3) is 0 Å². The predicted octanol–water partition coefficient (Wildman–Crippen LogP) is 2.76. The van der Waals surface area contributed by atoms with Gasteiger partial charge in [0.15, 0.2) is 0 Å². The fraction of sp³-hybridized carbons (Fsp3) is 0.867. The van der Waals surface area contributed by atoms with Crippen LogP contribution in [0.5, 0.6) is 0 Å². The molecule has 1 aliphatic carbocycles. The molecule has 120 valence electrons. The van der Waals surface area contributed by atoms with E-state index >= 15 is 0 Å². The third kappa shape index (κ3) is 4.05. The Hall–Kier alpha value is -0.910. The van der Waals surface area contributed by atoms with Gasteiger partial charge in [0.2, 0.25) is 0 Å². The molecular weight excluding hydrogens is 288 g/mol. The average molecular weight is 314 g/mol. The molecular formula is C15H26N2O3S. The Morgan fingerprint density at radius 2 is 1.86 bits per heavy atom. The van der Waals surface area contributed by atoms with E-state index in [0.717, 1.165) is 5.92 Å². The lowest BCUT2D eigenvalue weighted by Crippen LogP contribution is -2.50. The molecule has 2 unspecified atom stereocenters. The molecule has 2 fully saturated rings. The van der Waals surface area contributed by atoms with Crippen LogP contribution in [0.3, 0.4) is 0 Å². The summed E-state index contributed by atoms with van der Waals surface area (Å²) in [4.78, 5) is 25.0. The van der Waals surface area contributed by atoms with E-state index < -0.39 is 12.0 Å². The Bertz CT molecular complexity index is 383. The van der Waals surface area contributed by atoms with Crippen LogP contribution in [-0.2, 0) is 4.79 Å². The van der Waals surface area contributed by atoms with E-state index in [0.29, 0.717) is 18.2 Å². The molecule has 0 aromatic heterocycles. The second-order valence-electron chi connectivity index (χ2n) is 6.18. The van der Waals surface area contributed by atoms with Crippen LogP contribution in [-0.4, -0.2) is 45.7 Å². The van der Waals surface area contributed by atoms with Crippen molar-refractivity contribution in [1.29, 1.82) is 0 Å². The molecule has 2 amide bonds. The number of carboxylic acids is 1. The van der Waals surface area contributed by atoms with Crippen molar-refractivity contribution in [3.8, 4) is 0 Å². The van der Waals surface area contributed by atoms with E-state index in [1.165, 1.54) is 48.8 Å². The zero-order valence-corrected chi connectivity index (χ0v) is 13.7. The van der Waals surface area contributed by atoms with Crippen LogP contribution in [0.4, 0.5) is 4.79 Å². The molecule has 1 heterocycles. The normalized spacial score (nSPS) is 33.0. The number of carboxylic acid groups (broad SMARTS) is 1. The second-order valence-corrected chi connectivity index (χ2v) is 7.52. The highest BCUT2D eigenvalue weighted by Gasteiger charge is 2.39. The van der Waals surface area contributed by atoms with Crippen molar-refractivity contribution in [2.75, 3.05) is 12.3 Å². The predicted molar refractivity (Wildman–Crippen MR) is 84.3 cm³/mol. The van der Waals surface area contributed by atoms with Gasteiger partial charge in [-0.25, -0.2) is 9.59 Å². The van der Waals surface area contributed by atoms with Gasteiger partial charge in [0.25, 0.3) is 0 Å². The fourth-order valence-electron chi connectivity index (χ4n) is 3.31. The molecule has 2 aliphatic rings. The summed E-state index contributed by atoms with van der Waals surface area (Å²) >= 11 is 1.52. The maximum Gasteiger partial charge on any atom is 0.327 e. The SMILES string of the molecule is CCC1CCC(CNC(=O)N2C(C)SCC2C(=O)O)CC1. The number of urea groups is 1. The van der Waals surface area contributed by atoms with Crippen molar-refractivity contribution in [1.82, 2.24) is 10.2 Å². The highest BCUT2D eigenvalue weighted by Crippen LogP contribution is 2.31. The Balaban J connectivity index is 1.80. The minimum Gasteiger partial charge on any atom is -0.480 e. The topological polar surface area (TPSA) is 69.6 Å². The molecule has 5 nitrogen and oxygen atoms in total. The van der Waals surface area contributed by atoms with Crippen molar-refractivity contribution >= 4 is 23.8 Å². The zero-order chi connectivity index (χ0) is 15.4. The summed E-state index contributed by atoms with van der Waals surface area (Å²) in [5.41, 5.74) is 0. The van der Waals surface area contributed by atoms with Crippen molar-refractivity contribution < 1.29 is 14.7 Å². The number of hydrogen-bond acceptors (Lipinski definition) is 3. The summed E-state index contributed by atoms with van der Waals surface area (Å²) in [7, 11) is 0. The first-order valence-corrected chi connectivity index (χ1v) is 8.98. The summed E-state index contributed by atoms with van der Waals surface area (Å²) < 4.78 is 0. The summed E-state index contributed by atoms with van der Waals surface area (Å²) in [5, 5.41) is 12.1. The number of amides is 2. The number of carbonyl (C=O) groups is 2. The van der Waals surface area contributed by atoms with Crippen LogP contribution in [0.15, 0.2) is 0 Å². The minimum atomic E-state index is -0.912. The third-order valence-corrected chi connectivity index (χ3v) is 6.05. The highest BCUT2D eigenvalue weighted by molar-refractivity contribution is 8.00. The van der Waals surface area contributed by atoms with E-state index in [-0.39, 0.29) is 11.4 Å². The average Bonchev–Trinajstić information content (AvgIpc) is 2.87. The van der Waals surface area contributed by atoms with Gasteiger partial charge in [0.1, 0.15) is 6.04 Å². The third-order valence-electron chi connectivity index (χ3n) is 4.83. The Kier molecular flexibility index (Phi) is 5.79. The molecule has 0 bridgehead atoms. The van der Waals surface area contributed by atoms with Gasteiger partial charge >= 0.3 is 12.0 Å². The van der Waals surface area contributed by atoms with Gasteiger partial charge in [0.05, 0.1) is 5.37 Å². The van der Waals surface area contributed by atoms with Crippen molar-refractivity contribution in [2.24, 2.45) is 11.8 Å². The molecule has 2 atom stereocenters. The lowest BCUT2D eigenvalue weighted by Gasteiger charge is -2.30. The number of nitrogens with zero attached hydrogens (tertiary/aromatic N) is 1. The molecule has 2 N–H and O–H groups in total. The van der Waals surface area contributed by atoms with Gasteiger partial charge in [-0.2, -0.15) is 0 Å². The van der Waals surface area contributed by atoms with Crippen LogP contribution in [0.1, 0.15) is 46.0 Å². The van der Waals surface area contributed by atoms with Crippen LogP contribution >= 0.6 is 11.8 Å². The molecule has 0 aromatic rings. The molecule has 1 saturated heterocycles. The fourth-order valence-corrected chi connectivity index (χ4v) is 4.48. The van der Waals surface area contributed by atoms with E-state index in [1.54, 1.807) is 0 Å². The smallest absolute Gasteiger partial charge is 0.327 e. The van der Waals surface area contributed by atoms with Gasteiger partial charge in [0, 0.05) is 12.3 Å². The maximum atomic E-state index is 12.3.